The third kappa shape index (κ3) is 3.19. The highest BCUT2D eigenvalue weighted by atomic mass is 79.9. The van der Waals surface area contributed by atoms with Crippen molar-refractivity contribution in [2.45, 2.75) is 0 Å². The molecule has 19 heavy (non-hydrogen) atoms. The second kappa shape index (κ2) is 5.66. The number of pyridine rings is 1. The van der Waals surface area contributed by atoms with Crippen LogP contribution in [0.5, 0.6) is 11.5 Å². The molecule has 2 rings (SSSR count). The molecule has 1 heterocycles. The Morgan fingerprint density at radius 2 is 2.16 bits per heavy atom. The van der Waals surface area contributed by atoms with Crippen LogP contribution < -0.4 is 10.1 Å². The molecule has 0 bridgehead atoms. The lowest BCUT2D eigenvalue weighted by Crippen LogP contribution is -1.93. The maximum Gasteiger partial charge on any atom is 0.273 e. The first-order chi connectivity index (χ1) is 9.10. The number of nitro benzene ring substituents is 1. The van der Waals surface area contributed by atoms with Gasteiger partial charge in [0.2, 0.25) is 0 Å². The molecule has 1 N–H and O–H groups in total. The van der Waals surface area contributed by atoms with Gasteiger partial charge in [-0.1, -0.05) is 0 Å². The second-order valence-electron chi connectivity index (χ2n) is 3.63. The van der Waals surface area contributed by atoms with E-state index in [1.807, 2.05) is 0 Å². The molecule has 0 aliphatic heterocycles. The summed E-state index contributed by atoms with van der Waals surface area (Å²) in [6.45, 7) is 0. The van der Waals surface area contributed by atoms with Crippen LogP contribution in [0, 0.1) is 10.1 Å². The van der Waals surface area contributed by atoms with Crippen molar-refractivity contribution in [3.63, 3.8) is 0 Å². The predicted molar refractivity (Wildman–Crippen MR) is 74.7 cm³/mol. The molecule has 0 amide bonds. The van der Waals surface area contributed by atoms with Gasteiger partial charge >= 0.3 is 0 Å². The van der Waals surface area contributed by atoms with Gasteiger partial charge in [0.1, 0.15) is 11.5 Å². The van der Waals surface area contributed by atoms with E-state index < -0.39 is 4.92 Å². The van der Waals surface area contributed by atoms with Crippen LogP contribution >= 0.6 is 15.9 Å². The summed E-state index contributed by atoms with van der Waals surface area (Å²) in [6.07, 6.45) is 3.18. The summed E-state index contributed by atoms with van der Waals surface area (Å²) in [5, 5.41) is 13.7. The Labute approximate surface area is 117 Å². The molecule has 0 spiro atoms. The number of nitrogens with one attached hydrogen (secondary N) is 1. The lowest BCUT2D eigenvalue weighted by atomic mass is 10.3. The first kappa shape index (κ1) is 13.3. The fourth-order valence-electron chi connectivity index (χ4n) is 1.42. The van der Waals surface area contributed by atoms with Crippen LogP contribution in [0.4, 0.5) is 11.4 Å². The van der Waals surface area contributed by atoms with Crippen LogP contribution in [0.25, 0.3) is 0 Å². The quantitative estimate of drug-likeness (QED) is 0.687. The molecular weight excluding hydrogens is 314 g/mol. The summed E-state index contributed by atoms with van der Waals surface area (Å²) < 4.78 is 6.22. The van der Waals surface area contributed by atoms with Gasteiger partial charge in [0.25, 0.3) is 5.69 Å². The van der Waals surface area contributed by atoms with Crippen LogP contribution in [0.15, 0.2) is 41.1 Å². The number of nitro groups is 1. The van der Waals surface area contributed by atoms with Gasteiger partial charge in [-0.3, -0.25) is 15.1 Å². The number of non-ortho nitro benzene ring substituents is 1. The average molecular weight is 324 g/mol. The SMILES string of the molecule is CNc1cncc(Oc2cc([N+](=O)[O-])ccc2Br)c1. The van der Waals surface area contributed by atoms with Crippen molar-refractivity contribution in [3.8, 4) is 11.5 Å². The Morgan fingerprint density at radius 3 is 2.84 bits per heavy atom. The molecule has 0 atom stereocenters. The van der Waals surface area contributed by atoms with Crippen molar-refractivity contribution in [1.82, 2.24) is 4.98 Å². The minimum atomic E-state index is -0.471. The Bertz CT molecular complexity index is 619. The van der Waals surface area contributed by atoms with Crippen LogP contribution in [-0.2, 0) is 0 Å². The van der Waals surface area contributed by atoms with E-state index in [2.05, 4.69) is 26.2 Å². The van der Waals surface area contributed by atoms with Gasteiger partial charge in [0.05, 0.1) is 33.5 Å². The maximum atomic E-state index is 10.7. The van der Waals surface area contributed by atoms with E-state index in [-0.39, 0.29) is 5.69 Å². The third-order valence-corrected chi connectivity index (χ3v) is 3.01. The van der Waals surface area contributed by atoms with Gasteiger partial charge in [-0.2, -0.15) is 0 Å². The first-order valence-corrected chi connectivity index (χ1v) is 6.14. The van der Waals surface area contributed by atoms with Gasteiger partial charge in [0.15, 0.2) is 0 Å². The fourth-order valence-corrected chi connectivity index (χ4v) is 1.75. The van der Waals surface area contributed by atoms with Gasteiger partial charge < -0.3 is 10.1 Å². The molecule has 0 fully saturated rings. The topological polar surface area (TPSA) is 77.3 Å². The minimum absolute atomic E-state index is 0.0315. The molecule has 0 radical (unpaired) electrons. The number of anilines is 1. The van der Waals surface area contributed by atoms with E-state index in [0.717, 1.165) is 5.69 Å². The van der Waals surface area contributed by atoms with E-state index in [1.165, 1.54) is 18.3 Å². The number of benzene rings is 1. The molecule has 0 saturated carbocycles. The molecule has 0 saturated heterocycles. The number of halogens is 1. The minimum Gasteiger partial charge on any atom is -0.454 e. The Kier molecular flexibility index (Phi) is 3.96. The van der Waals surface area contributed by atoms with Crippen molar-refractivity contribution in [2.75, 3.05) is 12.4 Å². The Balaban J connectivity index is 2.31. The largest absolute Gasteiger partial charge is 0.454 e. The van der Waals surface area contributed by atoms with Crippen LogP contribution in [0.2, 0.25) is 0 Å². The average Bonchev–Trinajstić information content (AvgIpc) is 2.41. The molecule has 0 aliphatic carbocycles. The van der Waals surface area contributed by atoms with E-state index in [9.17, 15) is 10.1 Å². The number of aromatic nitrogens is 1. The zero-order valence-corrected chi connectivity index (χ0v) is 11.5. The van der Waals surface area contributed by atoms with Crippen molar-refractivity contribution in [3.05, 3.63) is 51.2 Å². The molecule has 0 unspecified atom stereocenters. The van der Waals surface area contributed by atoms with E-state index in [0.29, 0.717) is 16.0 Å². The molecule has 2 aromatic rings. The first-order valence-electron chi connectivity index (χ1n) is 5.35. The molecular formula is C12H10BrN3O3. The van der Waals surface area contributed by atoms with E-state index in [4.69, 9.17) is 4.74 Å². The van der Waals surface area contributed by atoms with Crippen molar-refractivity contribution < 1.29 is 9.66 Å². The number of ether oxygens (including phenoxy) is 1. The molecule has 0 aliphatic rings. The van der Waals surface area contributed by atoms with Gasteiger partial charge in [-0.15, -0.1) is 0 Å². The molecule has 1 aromatic carbocycles. The van der Waals surface area contributed by atoms with Crippen molar-refractivity contribution in [2.24, 2.45) is 0 Å². The predicted octanol–water partition coefficient (Wildman–Crippen LogP) is 3.59. The van der Waals surface area contributed by atoms with Crippen LogP contribution in [0.1, 0.15) is 0 Å². The monoisotopic (exact) mass is 323 g/mol. The number of hydrogen-bond donors (Lipinski definition) is 1. The highest BCUT2D eigenvalue weighted by Gasteiger charge is 2.11. The number of rotatable bonds is 4. The summed E-state index contributed by atoms with van der Waals surface area (Å²) in [6, 6.07) is 6.08. The van der Waals surface area contributed by atoms with E-state index >= 15 is 0 Å². The van der Waals surface area contributed by atoms with E-state index in [1.54, 1.807) is 25.4 Å². The zero-order chi connectivity index (χ0) is 13.8. The van der Waals surface area contributed by atoms with Crippen LogP contribution in [-0.4, -0.2) is 17.0 Å². The standard InChI is InChI=1S/C12H10BrN3O3/c1-14-8-4-10(7-15-6-8)19-12-5-9(16(17)18)2-3-11(12)13/h2-7,14H,1H3. The summed E-state index contributed by atoms with van der Waals surface area (Å²) in [7, 11) is 1.77. The van der Waals surface area contributed by atoms with Gasteiger partial charge in [-0.25, -0.2) is 0 Å². The summed E-state index contributed by atoms with van der Waals surface area (Å²) in [4.78, 5) is 14.3. The third-order valence-electron chi connectivity index (χ3n) is 2.36. The molecule has 6 nitrogen and oxygen atoms in total. The summed E-state index contributed by atoms with van der Waals surface area (Å²) in [5.74, 6) is 0.859. The molecule has 1 aromatic heterocycles. The Hall–Kier alpha value is -2.15. The van der Waals surface area contributed by atoms with Crippen LogP contribution in [0.3, 0.4) is 0 Å². The normalized spacial score (nSPS) is 10.0. The lowest BCUT2D eigenvalue weighted by molar-refractivity contribution is -0.384. The Morgan fingerprint density at radius 1 is 1.37 bits per heavy atom. The fraction of sp³-hybridized carbons (Fsp3) is 0.0833. The van der Waals surface area contributed by atoms with Crippen molar-refractivity contribution >= 4 is 27.3 Å². The number of hydrogen-bond acceptors (Lipinski definition) is 5. The highest BCUT2D eigenvalue weighted by Crippen LogP contribution is 2.33. The second-order valence-corrected chi connectivity index (χ2v) is 4.49. The maximum absolute atomic E-state index is 10.7. The smallest absolute Gasteiger partial charge is 0.273 e. The van der Waals surface area contributed by atoms with Gasteiger partial charge in [-0.05, 0) is 22.0 Å². The highest BCUT2D eigenvalue weighted by molar-refractivity contribution is 9.10. The lowest BCUT2D eigenvalue weighted by Gasteiger charge is -2.08. The van der Waals surface area contributed by atoms with Gasteiger partial charge in [0, 0.05) is 19.2 Å². The summed E-state index contributed by atoms with van der Waals surface area (Å²) >= 11 is 3.29. The zero-order valence-electron chi connectivity index (χ0n) is 9.96. The number of nitrogens with zero attached hydrogens (tertiary/aromatic N) is 2. The summed E-state index contributed by atoms with van der Waals surface area (Å²) in [5.41, 5.74) is 0.759. The molecule has 7 heteroatoms. The molecule has 98 valence electrons. The van der Waals surface area contributed by atoms with Crippen molar-refractivity contribution in [1.29, 1.82) is 0 Å².